The van der Waals surface area contributed by atoms with Crippen LogP contribution < -0.4 is 21.3 Å². The van der Waals surface area contributed by atoms with Crippen LogP contribution in [-0.4, -0.2) is 27.1 Å². The van der Waals surface area contributed by atoms with Gasteiger partial charge in [-0.25, -0.2) is 0 Å². The number of aromatic nitrogens is 1. The van der Waals surface area contributed by atoms with Gasteiger partial charge in [-0.1, -0.05) is 77.8 Å². The molecule has 0 atom stereocenters. The Hall–Kier alpha value is -4.86. The van der Waals surface area contributed by atoms with E-state index in [0.29, 0.717) is 22.2 Å². The Balaban J connectivity index is 0.0000000987. The molecule has 16 aliphatic carbocycles. The van der Waals surface area contributed by atoms with E-state index < -0.39 is 0 Å². The summed E-state index contributed by atoms with van der Waals surface area (Å²) in [5, 5.41) is 21.2. The smallest absolute Gasteiger partial charge is 0.133 e. The van der Waals surface area contributed by atoms with E-state index in [1.165, 1.54) is 221 Å². The highest BCUT2D eigenvalue weighted by atomic mass is 35.5. The molecule has 3 heterocycles. The first-order valence-electron chi connectivity index (χ1n) is 37.2. The summed E-state index contributed by atoms with van der Waals surface area (Å²) in [4.78, 5) is 4.72. The molecule has 7 aromatic rings. The molecule has 0 spiro atoms. The highest BCUT2D eigenvalue weighted by Crippen LogP contribution is 2.59. The highest BCUT2D eigenvalue weighted by Gasteiger charge is 2.54. The molecular formula is C85H106ClN5OS. The van der Waals surface area contributed by atoms with Crippen molar-refractivity contribution in [3.05, 3.63) is 182 Å². The van der Waals surface area contributed by atoms with E-state index >= 15 is 0 Å². The molecular weight excluding hydrogens is 1170 g/mol. The van der Waals surface area contributed by atoms with Crippen LogP contribution in [-0.2, 0) is 26.2 Å². The second-order valence-electron chi connectivity index (χ2n) is 34.0. The lowest BCUT2D eigenvalue weighted by Gasteiger charge is -2.57. The van der Waals surface area contributed by atoms with Gasteiger partial charge in [0.05, 0.1) is 12.0 Å². The van der Waals surface area contributed by atoms with E-state index in [0.717, 1.165) is 114 Å². The molecule has 0 saturated heterocycles. The van der Waals surface area contributed by atoms with Crippen LogP contribution in [0.4, 0.5) is 0 Å². The van der Waals surface area contributed by atoms with Gasteiger partial charge in [0.25, 0.3) is 0 Å². The van der Waals surface area contributed by atoms with Gasteiger partial charge in [-0.3, -0.25) is 4.98 Å². The average Bonchev–Trinajstić information content (AvgIpc) is 1.45. The van der Waals surface area contributed by atoms with Crippen LogP contribution in [0.3, 0.4) is 0 Å². The number of benzene rings is 4. The molecule has 0 amide bonds. The lowest BCUT2D eigenvalue weighted by Crippen LogP contribution is -2.58. The Morgan fingerprint density at radius 3 is 1.20 bits per heavy atom. The molecule has 16 fully saturated rings. The van der Waals surface area contributed by atoms with E-state index in [4.69, 9.17) is 21.0 Å². The number of nitrogens with one attached hydrogen (secondary N) is 4. The molecule has 4 aromatic carbocycles. The van der Waals surface area contributed by atoms with Gasteiger partial charge in [0.1, 0.15) is 5.76 Å². The number of pyridine rings is 1. The monoisotopic (exact) mass is 1280 g/mol. The SMILES string of the molecule is Cc1cc(-c2ccco2)ccc1CNC12CC3CC(CC(C3)C1)C2.Cc1cc(-c2ccsc2)ccc1CNC12CC3CC(CC(C3)C1)C2.Cc1cc(Cl)ccc1CNC12CC3CC(CC(C3)C1)C2.Cc1cccc(-c2ccc(CNC34CC5CC(CC(C5)C3)C4)cn2)c1. The molecule has 3 aromatic heterocycles. The molecule has 0 unspecified atom stereocenters. The van der Waals surface area contributed by atoms with E-state index in [1.54, 1.807) is 17.6 Å². The van der Waals surface area contributed by atoms with Gasteiger partial charge in [0.15, 0.2) is 0 Å². The lowest BCUT2D eigenvalue weighted by atomic mass is 9.53. The molecule has 0 radical (unpaired) electrons. The maximum atomic E-state index is 6.05. The first kappa shape index (κ1) is 62.9. The predicted molar refractivity (Wildman–Crippen MR) is 385 cm³/mol. The van der Waals surface area contributed by atoms with Crippen molar-refractivity contribution < 1.29 is 4.42 Å². The van der Waals surface area contributed by atoms with Crippen molar-refractivity contribution >= 4 is 22.9 Å². The van der Waals surface area contributed by atoms with Crippen molar-refractivity contribution in [2.75, 3.05) is 0 Å². The maximum absolute atomic E-state index is 6.05. The topological polar surface area (TPSA) is 74.2 Å². The van der Waals surface area contributed by atoms with Gasteiger partial charge in [-0.05, 0) is 362 Å². The van der Waals surface area contributed by atoms with Gasteiger partial charge in [0.2, 0.25) is 0 Å². The van der Waals surface area contributed by atoms with Gasteiger partial charge in [-0.2, -0.15) is 11.3 Å². The van der Waals surface area contributed by atoms with Gasteiger partial charge < -0.3 is 25.7 Å². The largest absolute Gasteiger partial charge is 0.464 e. The summed E-state index contributed by atoms with van der Waals surface area (Å²) in [5.74, 6) is 13.1. The Morgan fingerprint density at radius 2 is 0.828 bits per heavy atom. The first-order chi connectivity index (χ1) is 45.2. The zero-order valence-corrected chi connectivity index (χ0v) is 58.1. The molecule has 490 valence electrons. The van der Waals surface area contributed by atoms with Crippen LogP contribution in [0.5, 0.6) is 0 Å². The van der Waals surface area contributed by atoms with Crippen LogP contribution in [0, 0.1) is 98.7 Å². The fraction of sp³-hybridized carbons (Fsp3) is 0.565. The van der Waals surface area contributed by atoms with Crippen LogP contribution in [0.25, 0.3) is 33.7 Å². The molecule has 16 bridgehead atoms. The van der Waals surface area contributed by atoms with Crippen molar-refractivity contribution in [3.8, 4) is 33.7 Å². The molecule has 23 rings (SSSR count). The molecule has 0 aliphatic heterocycles. The molecule has 16 aliphatic rings. The van der Waals surface area contributed by atoms with Crippen molar-refractivity contribution in [3.63, 3.8) is 0 Å². The third-order valence-electron chi connectivity index (χ3n) is 26.6. The summed E-state index contributed by atoms with van der Waals surface area (Å²) in [7, 11) is 0. The first-order valence-corrected chi connectivity index (χ1v) is 38.5. The summed E-state index contributed by atoms with van der Waals surface area (Å²) in [6, 6.07) is 39.2. The Labute approximate surface area is 566 Å². The number of halogens is 1. The number of furan rings is 1. The van der Waals surface area contributed by atoms with Crippen molar-refractivity contribution in [2.45, 2.75) is 230 Å². The third kappa shape index (κ3) is 14.0. The minimum absolute atomic E-state index is 0.434. The zero-order valence-electron chi connectivity index (χ0n) is 56.6. The molecule has 6 nitrogen and oxygen atoms in total. The third-order valence-corrected chi connectivity index (χ3v) is 27.5. The van der Waals surface area contributed by atoms with E-state index in [-0.39, 0.29) is 0 Å². The van der Waals surface area contributed by atoms with Crippen molar-refractivity contribution in [1.82, 2.24) is 26.3 Å². The standard InChI is InChI=1S/C23H28N2.C22H27NO.C22H27NS.C18H24ClN/c1-16-3-2-4-21(7-16)22-6-5-17(14-24-22)15-25-23-11-18-8-19(12-23)10-20(9-18)13-23;1-15-7-19(21-3-2-6-24-21)4-5-20(15)14-23-22-11-16-8-17(12-22)10-18(9-16)13-22;1-15-6-19(21-4-5-24-14-21)2-3-20(15)13-23-22-10-16-7-17(11-22)9-18(8-16)12-22;1-12-4-17(19)3-2-16(12)11-20-18-8-13-5-14(9-18)7-15(6-13)10-18/h2-7,14,18-20,25H,8-13,15H2,1H3;2-7,16-18,23H,8-14H2,1H3;2-6,14,16-18,23H,7-13H2,1H3;2-4,13-15,20H,5-11H2,1H3. The second-order valence-corrected chi connectivity index (χ2v) is 35.2. The van der Waals surface area contributed by atoms with Gasteiger partial charge >= 0.3 is 0 Å². The quantitative estimate of drug-likeness (QED) is 0.0820. The summed E-state index contributed by atoms with van der Waals surface area (Å²) >= 11 is 7.83. The van der Waals surface area contributed by atoms with Gasteiger partial charge in [-0.15, -0.1) is 0 Å². The predicted octanol–water partition coefficient (Wildman–Crippen LogP) is 20.9. The second kappa shape index (κ2) is 26.2. The number of rotatable bonds is 15. The maximum Gasteiger partial charge on any atom is 0.133 e. The Morgan fingerprint density at radius 1 is 0.409 bits per heavy atom. The fourth-order valence-corrected chi connectivity index (χ4v) is 24.7. The number of nitrogens with zero attached hydrogens (tertiary/aromatic N) is 1. The summed E-state index contributed by atoms with van der Waals surface area (Å²) in [6.07, 6.45) is 39.0. The number of hydrogen-bond donors (Lipinski definition) is 4. The summed E-state index contributed by atoms with van der Waals surface area (Å²) < 4.78 is 5.52. The van der Waals surface area contributed by atoms with Crippen LogP contribution in [0.2, 0.25) is 5.02 Å². The zero-order chi connectivity index (χ0) is 62.9. The Kier molecular flexibility index (Phi) is 17.7. The minimum atomic E-state index is 0.434. The number of hydrogen-bond acceptors (Lipinski definition) is 7. The van der Waals surface area contributed by atoms with Crippen LogP contribution in [0.1, 0.15) is 199 Å². The average molecular weight is 1280 g/mol. The minimum Gasteiger partial charge on any atom is -0.464 e. The highest BCUT2D eigenvalue weighted by molar-refractivity contribution is 7.08. The molecule has 93 heavy (non-hydrogen) atoms. The molecule has 8 heteroatoms. The summed E-state index contributed by atoms with van der Waals surface area (Å²) in [5.41, 5.74) is 19.0. The number of thiophene rings is 1. The van der Waals surface area contributed by atoms with Crippen LogP contribution >= 0.6 is 22.9 Å². The van der Waals surface area contributed by atoms with Gasteiger partial charge in [0, 0.05) is 70.7 Å². The van der Waals surface area contributed by atoms with Crippen LogP contribution in [0.15, 0.2) is 137 Å². The van der Waals surface area contributed by atoms with E-state index in [9.17, 15) is 0 Å². The van der Waals surface area contributed by atoms with Crippen molar-refractivity contribution in [1.29, 1.82) is 0 Å². The Bertz CT molecular complexity index is 3440. The lowest BCUT2D eigenvalue weighted by molar-refractivity contribution is -0.0207. The molecule has 16 saturated carbocycles. The molecule has 4 N–H and O–H groups in total. The fourth-order valence-electron chi connectivity index (χ4n) is 23.8. The van der Waals surface area contributed by atoms with Crippen molar-refractivity contribution in [2.24, 2.45) is 71.0 Å². The van der Waals surface area contributed by atoms with E-state index in [2.05, 4.69) is 157 Å². The normalized spacial score (nSPS) is 34.6. The number of aryl methyl sites for hydroxylation is 4. The van der Waals surface area contributed by atoms with E-state index in [1.807, 2.05) is 18.2 Å². The summed E-state index contributed by atoms with van der Waals surface area (Å²) in [6.45, 7) is 12.8.